The van der Waals surface area contributed by atoms with Crippen LogP contribution in [0.25, 0.3) is 0 Å². The predicted molar refractivity (Wildman–Crippen MR) is 88.5 cm³/mol. The average Bonchev–Trinajstić information content (AvgIpc) is 2.40. The molecule has 0 spiro atoms. The Kier molecular flexibility index (Phi) is 4.64. The van der Waals surface area contributed by atoms with Crippen molar-refractivity contribution in [3.8, 4) is 0 Å². The summed E-state index contributed by atoms with van der Waals surface area (Å²) in [5, 5.41) is 3.61. The van der Waals surface area contributed by atoms with Gasteiger partial charge in [-0.3, -0.25) is 4.79 Å². The van der Waals surface area contributed by atoms with Crippen molar-refractivity contribution >= 4 is 23.2 Å². The molecule has 1 aromatic rings. The Labute approximate surface area is 132 Å². The Morgan fingerprint density at radius 1 is 1.38 bits per heavy atom. The average molecular weight is 309 g/mol. The minimum absolute atomic E-state index is 0.0389. The van der Waals surface area contributed by atoms with Gasteiger partial charge in [-0.2, -0.15) is 0 Å². The van der Waals surface area contributed by atoms with Crippen LogP contribution >= 0.6 is 11.6 Å². The molecule has 0 heterocycles. The van der Waals surface area contributed by atoms with Crippen LogP contribution < -0.4 is 11.1 Å². The van der Waals surface area contributed by atoms with E-state index in [1.54, 1.807) is 6.07 Å². The lowest BCUT2D eigenvalue weighted by Crippen LogP contribution is -2.50. The summed E-state index contributed by atoms with van der Waals surface area (Å²) >= 11 is 6.20. The molecule has 1 aliphatic rings. The highest BCUT2D eigenvalue weighted by atomic mass is 35.5. The number of aryl methyl sites for hydroxylation is 1. The molecule has 21 heavy (non-hydrogen) atoms. The summed E-state index contributed by atoms with van der Waals surface area (Å²) in [6.07, 6.45) is 1.72. The zero-order valence-corrected chi connectivity index (χ0v) is 14.0. The molecule has 0 aliphatic heterocycles. The maximum absolute atomic E-state index is 12.7. The first kappa shape index (κ1) is 16.3. The first-order valence-electron chi connectivity index (χ1n) is 7.56. The Bertz CT molecular complexity index is 521. The van der Waals surface area contributed by atoms with E-state index in [0.717, 1.165) is 24.1 Å². The molecule has 116 valence electrons. The van der Waals surface area contributed by atoms with Crippen LogP contribution in [0.3, 0.4) is 0 Å². The van der Waals surface area contributed by atoms with Gasteiger partial charge in [0.1, 0.15) is 0 Å². The monoisotopic (exact) mass is 308 g/mol. The number of hydrogen-bond acceptors (Lipinski definition) is 2. The van der Waals surface area contributed by atoms with Gasteiger partial charge >= 0.3 is 0 Å². The number of para-hydroxylation sites is 1. The highest BCUT2D eigenvalue weighted by Gasteiger charge is 2.45. The fraction of sp³-hybridized carbons (Fsp3) is 0.588. The van der Waals surface area contributed by atoms with Gasteiger partial charge in [0.25, 0.3) is 0 Å². The van der Waals surface area contributed by atoms with E-state index in [2.05, 4.69) is 26.1 Å². The van der Waals surface area contributed by atoms with E-state index in [-0.39, 0.29) is 23.3 Å². The summed E-state index contributed by atoms with van der Waals surface area (Å²) < 4.78 is 0. The van der Waals surface area contributed by atoms with Gasteiger partial charge in [-0.1, -0.05) is 44.5 Å². The van der Waals surface area contributed by atoms with Gasteiger partial charge < -0.3 is 11.1 Å². The fourth-order valence-electron chi connectivity index (χ4n) is 3.32. The van der Waals surface area contributed by atoms with Crippen LogP contribution in [0, 0.1) is 24.2 Å². The van der Waals surface area contributed by atoms with E-state index in [0.29, 0.717) is 10.9 Å². The number of rotatable bonds is 2. The van der Waals surface area contributed by atoms with E-state index in [1.807, 2.05) is 19.1 Å². The second-order valence-electron chi connectivity index (χ2n) is 6.82. The SMILES string of the molecule is Cc1cccc(Cl)c1NC(=O)C1CCC(N)C(C)C1(C)C. The Hall–Kier alpha value is -1.06. The summed E-state index contributed by atoms with van der Waals surface area (Å²) in [7, 11) is 0. The van der Waals surface area contributed by atoms with Crippen molar-refractivity contribution in [3.63, 3.8) is 0 Å². The Morgan fingerprint density at radius 3 is 2.67 bits per heavy atom. The van der Waals surface area contributed by atoms with E-state index in [9.17, 15) is 4.79 Å². The van der Waals surface area contributed by atoms with Gasteiger partial charge in [0.15, 0.2) is 0 Å². The first-order chi connectivity index (χ1) is 9.75. The molecule has 2 rings (SSSR count). The van der Waals surface area contributed by atoms with Crippen molar-refractivity contribution in [3.05, 3.63) is 28.8 Å². The van der Waals surface area contributed by atoms with Crippen molar-refractivity contribution in [2.24, 2.45) is 23.0 Å². The molecule has 3 nitrogen and oxygen atoms in total. The van der Waals surface area contributed by atoms with Crippen LogP contribution in [0.5, 0.6) is 0 Å². The third-order valence-corrected chi connectivity index (χ3v) is 5.60. The normalized spacial score (nSPS) is 28.2. The highest BCUT2D eigenvalue weighted by molar-refractivity contribution is 6.33. The summed E-state index contributed by atoms with van der Waals surface area (Å²) in [4.78, 5) is 12.7. The van der Waals surface area contributed by atoms with Crippen molar-refractivity contribution in [1.82, 2.24) is 0 Å². The highest BCUT2D eigenvalue weighted by Crippen LogP contribution is 2.45. The van der Waals surface area contributed by atoms with Crippen LogP contribution in [0.15, 0.2) is 18.2 Å². The molecule has 1 aromatic carbocycles. The quantitative estimate of drug-likeness (QED) is 0.868. The van der Waals surface area contributed by atoms with E-state index < -0.39 is 0 Å². The fourth-order valence-corrected chi connectivity index (χ4v) is 3.59. The molecule has 0 radical (unpaired) electrons. The second-order valence-corrected chi connectivity index (χ2v) is 7.23. The molecule has 1 saturated carbocycles. The summed E-state index contributed by atoms with van der Waals surface area (Å²) in [5.41, 5.74) is 7.76. The molecule has 3 atom stereocenters. The molecular formula is C17H25ClN2O. The third-order valence-electron chi connectivity index (χ3n) is 5.29. The summed E-state index contributed by atoms with van der Waals surface area (Å²) in [5.74, 6) is 0.326. The molecule has 4 heteroatoms. The Morgan fingerprint density at radius 2 is 2.05 bits per heavy atom. The lowest BCUT2D eigenvalue weighted by molar-refractivity contribution is -0.127. The molecule has 3 unspecified atom stereocenters. The van der Waals surface area contributed by atoms with Gasteiger partial charge in [0.2, 0.25) is 5.91 Å². The van der Waals surface area contributed by atoms with Gasteiger partial charge in [-0.25, -0.2) is 0 Å². The second kappa shape index (κ2) is 5.98. The van der Waals surface area contributed by atoms with Crippen LogP contribution in [-0.2, 0) is 4.79 Å². The van der Waals surface area contributed by atoms with E-state index >= 15 is 0 Å². The van der Waals surface area contributed by atoms with Crippen LogP contribution in [0.2, 0.25) is 5.02 Å². The maximum atomic E-state index is 12.7. The van der Waals surface area contributed by atoms with Crippen molar-refractivity contribution in [2.75, 3.05) is 5.32 Å². The van der Waals surface area contributed by atoms with Gasteiger partial charge in [-0.15, -0.1) is 0 Å². The van der Waals surface area contributed by atoms with Crippen LogP contribution in [0.4, 0.5) is 5.69 Å². The molecule has 1 aliphatic carbocycles. The number of carbonyl (C=O) groups is 1. The molecule has 0 aromatic heterocycles. The number of carbonyl (C=O) groups excluding carboxylic acids is 1. The lowest BCUT2D eigenvalue weighted by atomic mass is 9.61. The van der Waals surface area contributed by atoms with Crippen LogP contribution in [-0.4, -0.2) is 11.9 Å². The molecule has 0 bridgehead atoms. The largest absolute Gasteiger partial charge is 0.327 e. The standard InChI is InChI=1S/C17H25ClN2O/c1-10-6-5-7-13(18)15(10)20-16(21)12-8-9-14(19)11(2)17(12,3)4/h5-7,11-12,14H,8-9,19H2,1-4H3,(H,20,21). The van der Waals surface area contributed by atoms with E-state index in [1.165, 1.54) is 0 Å². The topological polar surface area (TPSA) is 55.1 Å². The maximum Gasteiger partial charge on any atom is 0.228 e. The van der Waals surface area contributed by atoms with Crippen molar-refractivity contribution in [1.29, 1.82) is 0 Å². The number of halogens is 1. The number of hydrogen-bond donors (Lipinski definition) is 2. The van der Waals surface area contributed by atoms with E-state index in [4.69, 9.17) is 17.3 Å². The minimum Gasteiger partial charge on any atom is -0.327 e. The zero-order chi connectivity index (χ0) is 15.8. The summed E-state index contributed by atoms with van der Waals surface area (Å²) in [6, 6.07) is 5.81. The zero-order valence-electron chi connectivity index (χ0n) is 13.2. The number of amides is 1. The molecule has 1 fully saturated rings. The molecule has 1 amide bonds. The van der Waals surface area contributed by atoms with Gasteiger partial charge in [0.05, 0.1) is 10.7 Å². The van der Waals surface area contributed by atoms with Crippen molar-refractivity contribution in [2.45, 2.75) is 46.6 Å². The molecule has 3 N–H and O–H groups in total. The number of nitrogens with one attached hydrogen (secondary N) is 1. The Balaban J connectivity index is 2.21. The summed E-state index contributed by atoms with van der Waals surface area (Å²) in [6.45, 7) is 8.37. The lowest BCUT2D eigenvalue weighted by Gasteiger charge is -2.46. The molecule has 0 saturated heterocycles. The number of nitrogens with two attached hydrogens (primary N) is 1. The third kappa shape index (κ3) is 3.09. The molecular weight excluding hydrogens is 284 g/mol. The van der Waals surface area contributed by atoms with Crippen molar-refractivity contribution < 1.29 is 4.79 Å². The number of anilines is 1. The van der Waals surface area contributed by atoms with Crippen LogP contribution in [0.1, 0.15) is 39.2 Å². The van der Waals surface area contributed by atoms with Gasteiger partial charge in [0, 0.05) is 12.0 Å². The minimum atomic E-state index is -0.114. The predicted octanol–water partition coefficient (Wildman–Crippen LogP) is 3.99. The smallest absolute Gasteiger partial charge is 0.228 e. The van der Waals surface area contributed by atoms with Gasteiger partial charge in [-0.05, 0) is 42.7 Å². The first-order valence-corrected chi connectivity index (χ1v) is 7.94. The number of benzene rings is 1.